The van der Waals surface area contributed by atoms with Gasteiger partial charge in [-0.15, -0.1) is 0 Å². The van der Waals surface area contributed by atoms with Crippen LogP contribution in [0.25, 0.3) is 0 Å². The Morgan fingerprint density at radius 3 is 2.58 bits per heavy atom. The number of nitrogens with zero attached hydrogens (tertiary/aromatic N) is 1. The SMILES string of the molecule is CCCN(CC(=O)NC)c1ccc(CN)c(F)c1F. The Kier molecular flexibility index (Phi) is 5.69. The van der Waals surface area contributed by atoms with E-state index in [0.717, 1.165) is 6.42 Å². The van der Waals surface area contributed by atoms with Gasteiger partial charge in [0.05, 0.1) is 12.2 Å². The van der Waals surface area contributed by atoms with Crippen molar-refractivity contribution in [1.29, 1.82) is 0 Å². The quantitative estimate of drug-likeness (QED) is 0.822. The molecule has 6 heteroatoms. The van der Waals surface area contributed by atoms with Gasteiger partial charge in [0.15, 0.2) is 11.6 Å². The van der Waals surface area contributed by atoms with E-state index in [2.05, 4.69) is 5.32 Å². The fraction of sp³-hybridized carbons (Fsp3) is 0.462. The highest BCUT2D eigenvalue weighted by Crippen LogP contribution is 2.24. The summed E-state index contributed by atoms with van der Waals surface area (Å²) < 4.78 is 27.7. The summed E-state index contributed by atoms with van der Waals surface area (Å²) in [5.41, 5.74) is 5.53. The zero-order valence-corrected chi connectivity index (χ0v) is 11.2. The summed E-state index contributed by atoms with van der Waals surface area (Å²) in [7, 11) is 1.50. The van der Waals surface area contributed by atoms with E-state index in [1.807, 2.05) is 6.92 Å². The summed E-state index contributed by atoms with van der Waals surface area (Å²) in [5.74, 6) is -2.16. The third-order valence-corrected chi connectivity index (χ3v) is 2.81. The third-order valence-electron chi connectivity index (χ3n) is 2.81. The number of nitrogens with one attached hydrogen (secondary N) is 1. The molecule has 0 bridgehead atoms. The van der Waals surface area contributed by atoms with Crippen LogP contribution >= 0.6 is 0 Å². The number of rotatable bonds is 6. The maximum Gasteiger partial charge on any atom is 0.239 e. The van der Waals surface area contributed by atoms with E-state index in [9.17, 15) is 13.6 Å². The molecule has 3 N–H and O–H groups in total. The lowest BCUT2D eigenvalue weighted by Gasteiger charge is -2.24. The van der Waals surface area contributed by atoms with Crippen LogP contribution in [0, 0.1) is 11.6 Å². The van der Waals surface area contributed by atoms with Crippen molar-refractivity contribution >= 4 is 11.6 Å². The molecule has 4 nitrogen and oxygen atoms in total. The standard InChI is InChI=1S/C13H19F2N3O/c1-3-6-18(8-11(19)17-2)10-5-4-9(7-16)12(14)13(10)15/h4-5H,3,6-8,16H2,1-2H3,(H,17,19). The fourth-order valence-corrected chi connectivity index (χ4v) is 1.79. The van der Waals surface area contributed by atoms with E-state index in [-0.39, 0.29) is 30.2 Å². The molecule has 0 saturated carbocycles. The number of anilines is 1. The van der Waals surface area contributed by atoms with Gasteiger partial charge < -0.3 is 16.0 Å². The molecular weight excluding hydrogens is 252 g/mol. The molecule has 1 aromatic carbocycles. The van der Waals surface area contributed by atoms with Crippen LogP contribution in [0.4, 0.5) is 14.5 Å². The minimum atomic E-state index is -0.958. The zero-order chi connectivity index (χ0) is 14.4. The molecule has 0 aliphatic heterocycles. The van der Waals surface area contributed by atoms with Gasteiger partial charge in [-0.2, -0.15) is 0 Å². The second kappa shape index (κ2) is 7.04. The molecule has 1 rings (SSSR count). The normalized spacial score (nSPS) is 10.4. The summed E-state index contributed by atoms with van der Waals surface area (Å²) >= 11 is 0. The van der Waals surface area contributed by atoms with Crippen LogP contribution in [-0.2, 0) is 11.3 Å². The van der Waals surface area contributed by atoms with Gasteiger partial charge in [-0.25, -0.2) is 8.78 Å². The first-order chi connectivity index (χ1) is 9.04. The molecule has 0 saturated heterocycles. The molecule has 0 spiro atoms. The summed E-state index contributed by atoms with van der Waals surface area (Å²) in [4.78, 5) is 12.9. The average molecular weight is 271 g/mol. The summed E-state index contributed by atoms with van der Waals surface area (Å²) in [6, 6.07) is 2.90. The van der Waals surface area contributed by atoms with E-state index in [1.54, 1.807) is 0 Å². The van der Waals surface area contributed by atoms with Gasteiger partial charge in [0.1, 0.15) is 0 Å². The molecule has 0 aromatic heterocycles. The smallest absolute Gasteiger partial charge is 0.239 e. The summed E-state index contributed by atoms with van der Waals surface area (Å²) in [5, 5.41) is 2.46. The van der Waals surface area contributed by atoms with Crippen molar-refractivity contribution in [3.8, 4) is 0 Å². The van der Waals surface area contributed by atoms with Crippen molar-refractivity contribution < 1.29 is 13.6 Å². The first kappa shape index (κ1) is 15.4. The maximum atomic E-state index is 14.0. The van der Waals surface area contributed by atoms with Crippen LogP contribution in [0.3, 0.4) is 0 Å². The van der Waals surface area contributed by atoms with Crippen molar-refractivity contribution in [3.05, 3.63) is 29.3 Å². The lowest BCUT2D eigenvalue weighted by atomic mass is 10.1. The Balaban J connectivity index is 3.08. The highest BCUT2D eigenvalue weighted by molar-refractivity contribution is 5.81. The van der Waals surface area contributed by atoms with Crippen molar-refractivity contribution in [2.45, 2.75) is 19.9 Å². The third kappa shape index (κ3) is 3.64. The number of carbonyl (C=O) groups excluding carboxylic acids is 1. The van der Waals surface area contributed by atoms with Crippen LogP contribution in [-0.4, -0.2) is 26.0 Å². The molecule has 0 radical (unpaired) electrons. The highest BCUT2D eigenvalue weighted by atomic mass is 19.2. The van der Waals surface area contributed by atoms with Gasteiger partial charge in [0.25, 0.3) is 0 Å². The number of benzene rings is 1. The average Bonchev–Trinajstić information content (AvgIpc) is 2.41. The Morgan fingerprint density at radius 1 is 1.37 bits per heavy atom. The van der Waals surface area contributed by atoms with E-state index in [1.165, 1.54) is 24.1 Å². The lowest BCUT2D eigenvalue weighted by molar-refractivity contribution is -0.119. The van der Waals surface area contributed by atoms with Gasteiger partial charge in [-0.3, -0.25) is 4.79 Å². The lowest BCUT2D eigenvalue weighted by Crippen LogP contribution is -2.36. The topological polar surface area (TPSA) is 58.4 Å². The molecule has 0 heterocycles. The molecular formula is C13H19F2N3O. The molecule has 19 heavy (non-hydrogen) atoms. The zero-order valence-electron chi connectivity index (χ0n) is 11.2. The maximum absolute atomic E-state index is 14.0. The second-order valence-electron chi connectivity index (χ2n) is 4.17. The van der Waals surface area contributed by atoms with Crippen molar-refractivity contribution in [3.63, 3.8) is 0 Å². The first-order valence-corrected chi connectivity index (χ1v) is 6.17. The minimum absolute atomic E-state index is 0.0112. The number of carbonyl (C=O) groups is 1. The molecule has 1 aromatic rings. The Labute approximate surface area is 111 Å². The molecule has 0 fully saturated rings. The van der Waals surface area contributed by atoms with Crippen molar-refractivity contribution in [2.75, 3.05) is 25.0 Å². The first-order valence-electron chi connectivity index (χ1n) is 6.17. The Morgan fingerprint density at radius 2 is 2.05 bits per heavy atom. The van der Waals surface area contributed by atoms with Gasteiger partial charge in [0, 0.05) is 25.7 Å². The molecule has 0 unspecified atom stereocenters. The van der Waals surface area contributed by atoms with Gasteiger partial charge in [-0.1, -0.05) is 13.0 Å². The van der Waals surface area contributed by atoms with Crippen LogP contribution in [0.5, 0.6) is 0 Å². The number of halogens is 2. The number of hydrogen-bond donors (Lipinski definition) is 2. The van der Waals surface area contributed by atoms with Crippen molar-refractivity contribution in [2.24, 2.45) is 5.73 Å². The van der Waals surface area contributed by atoms with E-state index in [0.29, 0.717) is 6.54 Å². The number of nitrogens with two attached hydrogens (primary N) is 1. The monoisotopic (exact) mass is 271 g/mol. The second-order valence-corrected chi connectivity index (χ2v) is 4.17. The molecule has 0 aliphatic rings. The van der Waals surface area contributed by atoms with Crippen LogP contribution in [0.1, 0.15) is 18.9 Å². The Hall–Kier alpha value is -1.69. The van der Waals surface area contributed by atoms with Crippen LogP contribution in [0.2, 0.25) is 0 Å². The van der Waals surface area contributed by atoms with E-state index in [4.69, 9.17) is 5.73 Å². The minimum Gasteiger partial charge on any atom is -0.360 e. The predicted molar refractivity (Wildman–Crippen MR) is 70.8 cm³/mol. The van der Waals surface area contributed by atoms with Gasteiger partial charge in [-0.05, 0) is 12.5 Å². The van der Waals surface area contributed by atoms with Gasteiger partial charge in [0.2, 0.25) is 5.91 Å². The van der Waals surface area contributed by atoms with E-state index < -0.39 is 11.6 Å². The van der Waals surface area contributed by atoms with Crippen LogP contribution in [0.15, 0.2) is 12.1 Å². The molecule has 0 atom stereocenters. The fourth-order valence-electron chi connectivity index (χ4n) is 1.79. The molecule has 106 valence electrons. The number of hydrogen-bond acceptors (Lipinski definition) is 3. The highest BCUT2D eigenvalue weighted by Gasteiger charge is 2.18. The number of amides is 1. The van der Waals surface area contributed by atoms with Crippen LogP contribution < -0.4 is 16.0 Å². The molecule has 1 amide bonds. The Bertz CT molecular complexity index is 452. The summed E-state index contributed by atoms with van der Waals surface area (Å²) in [6.45, 7) is 2.29. The summed E-state index contributed by atoms with van der Waals surface area (Å²) in [6.07, 6.45) is 0.719. The van der Waals surface area contributed by atoms with Gasteiger partial charge >= 0.3 is 0 Å². The van der Waals surface area contributed by atoms with Crippen molar-refractivity contribution in [1.82, 2.24) is 5.32 Å². The largest absolute Gasteiger partial charge is 0.360 e. The predicted octanol–water partition coefficient (Wildman–Crippen LogP) is 1.39. The van der Waals surface area contributed by atoms with E-state index >= 15 is 0 Å². The molecule has 0 aliphatic carbocycles. The number of likely N-dealkylation sites (N-methyl/N-ethyl adjacent to an activating group) is 1.